The van der Waals surface area contributed by atoms with Crippen molar-refractivity contribution in [3.05, 3.63) is 54.5 Å². The van der Waals surface area contributed by atoms with Crippen LogP contribution in [0.25, 0.3) is 0 Å². The second kappa shape index (κ2) is 9.34. The van der Waals surface area contributed by atoms with Gasteiger partial charge in [0.05, 0.1) is 13.6 Å². The van der Waals surface area contributed by atoms with E-state index >= 15 is 0 Å². The molecule has 1 saturated carbocycles. The van der Waals surface area contributed by atoms with Crippen molar-refractivity contribution in [2.75, 3.05) is 32.0 Å². The first-order valence-corrected chi connectivity index (χ1v) is 11.3. The van der Waals surface area contributed by atoms with Gasteiger partial charge in [-0.1, -0.05) is 43.2 Å². The Morgan fingerprint density at radius 1 is 1.19 bits per heavy atom. The standard InChI is InChI=1S/C24H30N4O4/c1-28(16-22(29)27-21-11-13-25-17-26-21)14-12-20(15-28)32-23(30)24(31,19-9-5-6-10-19)18-7-3-2-4-8-18/h2-4,7-8,11,13,17,19-20,31H,5-6,9-10,12,14-16H2,1H3/p+1/t20?,24?,28-/m1/s1. The van der Waals surface area contributed by atoms with Crippen LogP contribution in [0.3, 0.4) is 0 Å². The highest BCUT2D eigenvalue weighted by molar-refractivity contribution is 5.90. The van der Waals surface area contributed by atoms with E-state index in [-0.39, 0.29) is 24.5 Å². The van der Waals surface area contributed by atoms with E-state index in [0.717, 1.165) is 25.7 Å². The smallest absolute Gasteiger partial charge is 0.343 e. The fraction of sp³-hybridized carbons (Fsp3) is 0.500. The number of nitrogens with one attached hydrogen (secondary N) is 1. The number of likely N-dealkylation sites (N-methyl/N-ethyl adjacent to an activating group) is 1. The van der Waals surface area contributed by atoms with Crippen LogP contribution in [0, 0.1) is 5.92 Å². The first-order valence-electron chi connectivity index (χ1n) is 11.3. The summed E-state index contributed by atoms with van der Waals surface area (Å²) in [6.45, 7) is 1.49. The van der Waals surface area contributed by atoms with Gasteiger partial charge in [-0.15, -0.1) is 0 Å². The molecule has 8 heteroatoms. The quantitative estimate of drug-likeness (QED) is 0.507. The summed E-state index contributed by atoms with van der Waals surface area (Å²) in [6.07, 6.45) is 6.90. The molecule has 4 rings (SSSR count). The molecule has 1 saturated heterocycles. The molecule has 2 unspecified atom stereocenters. The summed E-state index contributed by atoms with van der Waals surface area (Å²) < 4.78 is 6.34. The molecular weight excluding hydrogens is 408 g/mol. The molecule has 170 valence electrons. The first kappa shape index (κ1) is 22.4. The number of hydrogen-bond donors (Lipinski definition) is 2. The van der Waals surface area contributed by atoms with Gasteiger partial charge in [0.1, 0.15) is 18.7 Å². The van der Waals surface area contributed by atoms with Gasteiger partial charge in [0.2, 0.25) is 0 Å². The van der Waals surface area contributed by atoms with Gasteiger partial charge in [0.25, 0.3) is 5.91 Å². The molecule has 0 spiro atoms. The second-order valence-electron chi connectivity index (χ2n) is 9.26. The van der Waals surface area contributed by atoms with E-state index in [4.69, 9.17) is 4.74 Å². The minimum absolute atomic E-state index is 0.140. The van der Waals surface area contributed by atoms with E-state index in [1.165, 1.54) is 6.33 Å². The van der Waals surface area contributed by atoms with Crippen molar-refractivity contribution in [3.63, 3.8) is 0 Å². The number of carbonyl (C=O) groups is 2. The molecule has 2 N–H and O–H groups in total. The average molecular weight is 440 g/mol. The van der Waals surface area contributed by atoms with Gasteiger partial charge in [-0.3, -0.25) is 4.79 Å². The summed E-state index contributed by atoms with van der Waals surface area (Å²) in [7, 11) is 1.98. The molecule has 0 bridgehead atoms. The summed E-state index contributed by atoms with van der Waals surface area (Å²) in [4.78, 5) is 33.7. The maximum absolute atomic E-state index is 13.3. The Bertz CT molecular complexity index is 936. The highest BCUT2D eigenvalue weighted by Crippen LogP contribution is 2.42. The van der Waals surface area contributed by atoms with E-state index < -0.39 is 11.6 Å². The lowest BCUT2D eigenvalue weighted by Gasteiger charge is -2.33. The van der Waals surface area contributed by atoms with Gasteiger partial charge in [0, 0.05) is 18.5 Å². The van der Waals surface area contributed by atoms with Crippen molar-refractivity contribution in [2.45, 2.75) is 43.8 Å². The number of aromatic nitrogens is 2. The number of nitrogens with zero attached hydrogens (tertiary/aromatic N) is 3. The van der Waals surface area contributed by atoms with Crippen molar-refractivity contribution in [2.24, 2.45) is 5.92 Å². The number of rotatable bonds is 7. The average Bonchev–Trinajstić information content (AvgIpc) is 3.45. The van der Waals surface area contributed by atoms with E-state index in [1.54, 1.807) is 24.4 Å². The third kappa shape index (κ3) is 4.81. The lowest BCUT2D eigenvalue weighted by Crippen LogP contribution is -2.49. The van der Waals surface area contributed by atoms with Crippen molar-refractivity contribution in [1.29, 1.82) is 0 Å². The van der Waals surface area contributed by atoms with Crippen LogP contribution in [0.2, 0.25) is 0 Å². The maximum atomic E-state index is 13.3. The van der Waals surface area contributed by atoms with Gasteiger partial charge < -0.3 is 19.6 Å². The number of ether oxygens (including phenoxy) is 1. The molecule has 2 aromatic rings. The molecule has 1 aromatic carbocycles. The number of hydrogen-bond acceptors (Lipinski definition) is 6. The highest BCUT2D eigenvalue weighted by Gasteiger charge is 2.49. The number of carbonyl (C=O) groups excluding carboxylic acids is 2. The topological polar surface area (TPSA) is 101 Å². The number of amides is 1. The molecule has 32 heavy (non-hydrogen) atoms. The zero-order chi connectivity index (χ0) is 22.6. The van der Waals surface area contributed by atoms with E-state index in [2.05, 4.69) is 15.3 Å². The van der Waals surface area contributed by atoms with Crippen molar-refractivity contribution < 1.29 is 23.9 Å². The van der Waals surface area contributed by atoms with Crippen LogP contribution in [0.15, 0.2) is 48.9 Å². The summed E-state index contributed by atoms with van der Waals surface area (Å²) in [5.74, 6) is -0.397. The number of aliphatic hydroxyl groups is 1. The molecule has 2 aliphatic rings. The summed E-state index contributed by atoms with van der Waals surface area (Å²) in [6, 6.07) is 10.8. The third-order valence-corrected chi connectivity index (χ3v) is 6.75. The minimum atomic E-state index is -1.63. The largest absolute Gasteiger partial charge is 0.454 e. The predicted molar refractivity (Wildman–Crippen MR) is 118 cm³/mol. The first-order chi connectivity index (χ1) is 15.4. The molecule has 8 nitrogen and oxygen atoms in total. The Kier molecular flexibility index (Phi) is 6.53. The second-order valence-corrected chi connectivity index (χ2v) is 9.26. The summed E-state index contributed by atoms with van der Waals surface area (Å²) >= 11 is 0. The highest BCUT2D eigenvalue weighted by atomic mass is 16.6. The fourth-order valence-corrected chi connectivity index (χ4v) is 5.06. The van der Waals surface area contributed by atoms with Gasteiger partial charge in [-0.25, -0.2) is 14.8 Å². The van der Waals surface area contributed by atoms with Crippen LogP contribution in [-0.4, -0.2) is 64.2 Å². The molecule has 2 fully saturated rings. The third-order valence-electron chi connectivity index (χ3n) is 6.75. The van der Waals surface area contributed by atoms with E-state index in [0.29, 0.717) is 35.4 Å². The van der Waals surface area contributed by atoms with E-state index in [9.17, 15) is 14.7 Å². The number of quaternary nitrogens is 1. The zero-order valence-electron chi connectivity index (χ0n) is 18.4. The Morgan fingerprint density at radius 2 is 1.94 bits per heavy atom. The number of benzene rings is 1. The van der Waals surface area contributed by atoms with E-state index in [1.807, 2.05) is 25.2 Å². The lowest BCUT2D eigenvalue weighted by atomic mass is 9.80. The van der Waals surface area contributed by atoms with Crippen LogP contribution in [-0.2, 0) is 19.9 Å². The number of esters is 1. The van der Waals surface area contributed by atoms with Gasteiger partial charge in [-0.05, 0) is 24.5 Å². The Labute approximate surface area is 188 Å². The molecule has 1 aliphatic carbocycles. The normalized spacial score (nSPS) is 25.2. The molecule has 3 atom stereocenters. The SMILES string of the molecule is C[N@@+]1(CC(=O)Nc2ccncn2)CCC(OC(=O)C(O)(c2ccccc2)C2CCCC2)C1. The van der Waals surface area contributed by atoms with Crippen LogP contribution >= 0.6 is 0 Å². The summed E-state index contributed by atoms with van der Waals surface area (Å²) in [5, 5.41) is 14.4. The van der Waals surface area contributed by atoms with Crippen LogP contribution in [0.4, 0.5) is 5.82 Å². The lowest BCUT2D eigenvalue weighted by molar-refractivity contribution is -0.890. The minimum Gasteiger partial charge on any atom is -0.454 e. The van der Waals surface area contributed by atoms with Crippen LogP contribution < -0.4 is 5.32 Å². The Balaban J connectivity index is 1.40. The fourth-order valence-electron chi connectivity index (χ4n) is 5.06. The molecule has 1 amide bonds. The van der Waals surface area contributed by atoms with Gasteiger partial charge in [-0.2, -0.15) is 0 Å². The van der Waals surface area contributed by atoms with Crippen molar-refractivity contribution in [3.8, 4) is 0 Å². The maximum Gasteiger partial charge on any atom is 0.343 e. The molecule has 2 heterocycles. The molecular formula is C24H31N4O4+. The number of likely N-dealkylation sites (tertiary alicyclic amines) is 1. The monoisotopic (exact) mass is 439 g/mol. The number of anilines is 1. The summed E-state index contributed by atoms with van der Waals surface area (Å²) in [5.41, 5.74) is -1.04. The molecule has 1 aliphatic heterocycles. The van der Waals surface area contributed by atoms with Crippen molar-refractivity contribution in [1.82, 2.24) is 9.97 Å². The van der Waals surface area contributed by atoms with Crippen LogP contribution in [0.5, 0.6) is 0 Å². The van der Waals surface area contributed by atoms with Crippen LogP contribution in [0.1, 0.15) is 37.7 Å². The van der Waals surface area contributed by atoms with Gasteiger partial charge >= 0.3 is 5.97 Å². The Morgan fingerprint density at radius 3 is 2.62 bits per heavy atom. The molecule has 1 aromatic heterocycles. The van der Waals surface area contributed by atoms with Crippen molar-refractivity contribution >= 4 is 17.7 Å². The Hall–Kier alpha value is -2.84. The molecule has 0 radical (unpaired) electrons. The van der Waals surface area contributed by atoms with Gasteiger partial charge in [0.15, 0.2) is 18.2 Å². The predicted octanol–water partition coefficient (Wildman–Crippen LogP) is 2.26. The zero-order valence-corrected chi connectivity index (χ0v) is 18.4.